The van der Waals surface area contributed by atoms with Gasteiger partial charge in [-0.05, 0) is 18.2 Å². The van der Waals surface area contributed by atoms with Gasteiger partial charge in [0.2, 0.25) is 11.7 Å². The zero-order chi connectivity index (χ0) is 13.1. The second-order valence-corrected chi connectivity index (χ2v) is 4.24. The Bertz CT molecular complexity index is 564. The fourth-order valence-corrected chi connectivity index (χ4v) is 1.61. The number of benzene rings is 1. The number of hydrogen-bond acceptors (Lipinski definition) is 4. The molecule has 1 N–H and O–H groups in total. The van der Waals surface area contributed by atoms with Gasteiger partial charge in [-0.1, -0.05) is 15.9 Å². The second-order valence-electron chi connectivity index (χ2n) is 3.32. The first kappa shape index (κ1) is 12.8. The lowest BCUT2D eigenvalue weighted by atomic mass is 10.3. The van der Waals surface area contributed by atoms with Crippen LogP contribution in [0, 0.1) is 11.6 Å². The maximum absolute atomic E-state index is 13.4. The predicted molar refractivity (Wildman–Crippen MR) is 62.1 cm³/mol. The Morgan fingerprint density at radius 1 is 1.22 bits per heavy atom. The van der Waals surface area contributed by atoms with Crippen LogP contribution in [0.1, 0.15) is 5.69 Å². The van der Waals surface area contributed by atoms with Crippen LogP contribution >= 0.6 is 15.9 Å². The van der Waals surface area contributed by atoms with Crippen molar-refractivity contribution in [2.75, 3.05) is 0 Å². The number of hydrogen-bond donors (Lipinski definition) is 1. The molecule has 18 heavy (non-hydrogen) atoms. The summed E-state index contributed by atoms with van der Waals surface area (Å²) in [6.07, 6.45) is 0. The maximum Gasteiger partial charge on any atom is 0.239 e. The molecule has 0 saturated carbocycles. The van der Waals surface area contributed by atoms with Crippen molar-refractivity contribution in [1.29, 1.82) is 0 Å². The molecule has 0 atom stereocenters. The average molecular weight is 317 g/mol. The van der Waals surface area contributed by atoms with Crippen molar-refractivity contribution in [3.63, 3.8) is 0 Å². The van der Waals surface area contributed by atoms with Crippen molar-refractivity contribution >= 4 is 15.9 Å². The predicted octanol–water partition coefficient (Wildman–Crippen LogP) is 2.80. The van der Waals surface area contributed by atoms with Gasteiger partial charge < -0.3 is 9.84 Å². The topological polar surface area (TPSA) is 55.2 Å². The third-order valence-corrected chi connectivity index (χ3v) is 2.49. The van der Waals surface area contributed by atoms with E-state index in [1.807, 2.05) is 0 Å². The summed E-state index contributed by atoms with van der Waals surface area (Å²) in [6.45, 7) is -0.257. The lowest BCUT2D eigenvalue weighted by Gasteiger charge is -2.06. The molecule has 2 aromatic rings. The van der Waals surface area contributed by atoms with Gasteiger partial charge in [0.15, 0.2) is 11.6 Å². The van der Waals surface area contributed by atoms with Crippen molar-refractivity contribution in [3.8, 4) is 11.6 Å². The Hall–Kier alpha value is -1.60. The van der Waals surface area contributed by atoms with Crippen LogP contribution in [0.15, 0.2) is 28.7 Å². The van der Waals surface area contributed by atoms with E-state index in [1.54, 1.807) is 0 Å². The summed E-state index contributed by atoms with van der Waals surface area (Å²) in [5.41, 5.74) is 0.350. The Morgan fingerprint density at radius 2 is 2.00 bits per heavy atom. The summed E-state index contributed by atoms with van der Waals surface area (Å²) in [7, 11) is 0. The van der Waals surface area contributed by atoms with Crippen LogP contribution in [0.5, 0.6) is 11.6 Å². The quantitative estimate of drug-likeness (QED) is 0.885. The van der Waals surface area contributed by atoms with Crippen LogP contribution in [0.25, 0.3) is 0 Å². The molecule has 2 rings (SSSR count). The van der Waals surface area contributed by atoms with Gasteiger partial charge in [0.25, 0.3) is 0 Å². The highest BCUT2D eigenvalue weighted by atomic mass is 79.9. The highest BCUT2D eigenvalue weighted by Gasteiger charge is 2.12. The van der Waals surface area contributed by atoms with Crippen molar-refractivity contribution in [2.24, 2.45) is 0 Å². The van der Waals surface area contributed by atoms with E-state index < -0.39 is 11.6 Å². The fraction of sp³-hybridized carbons (Fsp3) is 0.0909. The number of halogens is 3. The molecule has 7 heteroatoms. The number of rotatable bonds is 3. The Balaban J connectivity index is 2.27. The molecule has 0 aliphatic rings. The lowest BCUT2D eigenvalue weighted by Crippen LogP contribution is -1.97. The molecule has 0 fully saturated rings. The molecule has 0 aliphatic heterocycles. The minimum Gasteiger partial charge on any atom is -0.434 e. The Kier molecular flexibility index (Phi) is 3.83. The molecule has 0 spiro atoms. The smallest absolute Gasteiger partial charge is 0.239 e. The van der Waals surface area contributed by atoms with E-state index in [-0.39, 0.29) is 18.2 Å². The van der Waals surface area contributed by atoms with E-state index in [0.29, 0.717) is 10.2 Å². The molecule has 0 amide bonds. The molecule has 4 nitrogen and oxygen atoms in total. The Morgan fingerprint density at radius 3 is 2.61 bits per heavy atom. The molecule has 0 bridgehead atoms. The SMILES string of the molecule is OCc1ccc(Oc2cc(Br)cc(F)c2F)nn1. The van der Waals surface area contributed by atoms with Gasteiger partial charge in [0, 0.05) is 10.5 Å². The number of aliphatic hydroxyl groups is 1. The van der Waals surface area contributed by atoms with E-state index in [1.165, 1.54) is 18.2 Å². The number of ether oxygens (including phenoxy) is 1. The molecule has 1 aromatic carbocycles. The standard InChI is InChI=1S/C11H7BrF2N2O2/c12-6-3-8(13)11(14)9(4-6)18-10-2-1-7(5-17)15-16-10/h1-4,17H,5H2. The zero-order valence-corrected chi connectivity index (χ0v) is 10.5. The minimum atomic E-state index is -1.11. The second kappa shape index (κ2) is 5.36. The Labute approximate surface area is 109 Å². The average Bonchev–Trinajstić information content (AvgIpc) is 2.36. The van der Waals surface area contributed by atoms with Crippen LogP contribution in [-0.2, 0) is 6.61 Å². The molecule has 0 saturated heterocycles. The summed E-state index contributed by atoms with van der Waals surface area (Å²) < 4.78 is 31.9. The van der Waals surface area contributed by atoms with Gasteiger partial charge in [-0.3, -0.25) is 0 Å². The maximum atomic E-state index is 13.4. The lowest BCUT2D eigenvalue weighted by molar-refractivity contribution is 0.274. The molecule has 0 unspecified atom stereocenters. The van der Waals surface area contributed by atoms with Crippen molar-refractivity contribution in [1.82, 2.24) is 10.2 Å². The zero-order valence-electron chi connectivity index (χ0n) is 8.90. The molecule has 1 heterocycles. The summed E-state index contributed by atoms with van der Waals surface area (Å²) in [5.74, 6) is -2.43. The molecular formula is C11H7BrF2N2O2. The molecule has 0 radical (unpaired) electrons. The first-order valence-electron chi connectivity index (χ1n) is 4.86. The summed E-state index contributed by atoms with van der Waals surface area (Å²) >= 11 is 3.03. The number of aromatic nitrogens is 2. The van der Waals surface area contributed by atoms with Crippen LogP contribution in [-0.4, -0.2) is 15.3 Å². The monoisotopic (exact) mass is 316 g/mol. The van der Waals surface area contributed by atoms with Crippen LogP contribution in [0.3, 0.4) is 0 Å². The van der Waals surface area contributed by atoms with Gasteiger partial charge in [0.05, 0.1) is 12.3 Å². The van der Waals surface area contributed by atoms with Crippen molar-refractivity contribution in [2.45, 2.75) is 6.61 Å². The van der Waals surface area contributed by atoms with Gasteiger partial charge in [-0.2, -0.15) is 4.39 Å². The molecule has 0 aliphatic carbocycles. The van der Waals surface area contributed by atoms with Gasteiger partial charge in [0.1, 0.15) is 0 Å². The van der Waals surface area contributed by atoms with Crippen molar-refractivity contribution in [3.05, 3.63) is 46.1 Å². The first-order chi connectivity index (χ1) is 8.60. The van der Waals surface area contributed by atoms with E-state index in [9.17, 15) is 8.78 Å². The largest absolute Gasteiger partial charge is 0.434 e. The van der Waals surface area contributed by atoms with E-state index in [2.05, 4.69) is 26.1 Å². The van der Waals surface area contributed by atoms with Crippen LogP contribution in [0.2, 0.25) is 0 Å². The minimum absolute atomic E-state index is 0.00333. The van der Waals surface area contributed by atoms with E-state index in [0.717, 1.165) is 6.07 Å². The first-order valence-corrected chi connectivity index (χ1v) is 5.65. The summed E-state index contributed by atoms with van der Waals surface area (Å²) in [5, 5.41) is 16.0. The van der Waals surface area contributed by atoms with Crippen LogP contribution in [0.4, 0.5) is 8.78 Å². The highest BCUT2D eigenvalue weighted by Crippen LogP contribution is 2.28. The molecule has 1 aromatic heterocycles. The number of aliphatic hydroxyl groups excluding tert-OH is 1. The normalized spacial score (nSPS) is 10.4. The van der Waals surface area contributed by atoms with E-state index in [4.69, 9.17) is 9.84 Å². The molecule has 94 valence electrons. The third kappa shape index (κ3) is 2.80. The van der Waals surface area contributed by atoms with Gasteiger partial charge in [-0.25, -0.2) is 4.39 Å². The highest BCUT2D eigenvalue weighted by molar-refractivity contribution is 9.10. The summed E-state index contributed by atoms with van der Waals surface area (Å²) in [6, 6.07) is 5.13. The van der Waals surface area contributed by atoms with Gasteiger partial charge in [-0.15, -0.1) is 10.2 Å². The summed E-state index contributed by atoms with van der Waals surface area (Å²) in [4.78, 5) is 0. The van der Waals surface area contributed by atoms with Crippen LogP contribution < -0.4 is 4.74 Å². The molecular weight excluding hydrogens is 310 g/mol. The van der Waals surface area contributed by atoms with E-state index >= 15 is 0 Å². The third-order valence-electron chi connectivity index (χ3n) is 2.03. The number of nitrogens with zero attached hydrogens (tertiary/aromatic N) is 2. The fourth-order valence-electron chi connectivity index (χ4n) is 1.21. The van der Waals surface area contributed by atoms with Gasteiger partial charge >= 0.3 is 0 Å². The van der Waals surface area contributed by atoms with Crippen molar-refractivity contribution < 1.29 is 18.6 Å².